The summed E-state index contributed by atoms with van der Waals surface area (Å²) in [6.45, 7) is 0. The van der Waals surface area contributed by atoms with Crippen LogP contribution in [0.2, 0.25) is 6.04 Å². The Morgan fingerprint density at radius 1 is 0.256 bits per heavy atom. The highest BCUT2D eigenvalue weighted by Crippen LogP contribution is 2.27. The molecular weight excluding hydrogens is 623 g/mol. The molecule has 0 bridgehead atoms. The summed E-state index contributed by atoms with van der Waals surface area (Å²) in [6, 6.07) is -1.54. The molecule has 0 aromatic rings. The van der Waals surface area contributed by atoms with Crippen molar-refractivity contribution in [2.45, 2.75) is 212 Å². The molecule has 0 amide bonds. The van der Waals surface area contributed by atoms with Crippen LogP contribution in [0.15, 0.2) is 0 Å². The Kier molecular flexibility index (Phi) is 35.4. The Labute approximate surface area is 270 Å². The van der Waals surface area contributed by atoms with E-state index in [-0.39, 0.29) is 0 Å². The van der Waals surface area contributed by atoms with E-state index < -0.39 is 6.00 Å². The molecule has 0 aromatic carbocycles. The average Bonchev–Trinajstić information content (AvgIpc) is 2.90. The van der Waals surface area contributed by atoms with Crippen LogP contribution < -0.4 is 0 Å². The number of unbranched alkanes of at least 4 members (excludes halogenated alkanes) is 31. The summed E-state index contributed by atoms with van der Waals surface area (Å²) in [5, 5.41) is 1.18. The van der Waals surface area contributed by atoms with Crippen molar-refractivity contribution in [1.29, 1.82) is 0 Å². The Balaban J connectivity index is 3.04. The maximum atomic E-state index is 5.93. The van der Waals surface area contributed by atoms with E-state index in [1.54, 1.807) is 0 Å². The Bertz CT molecular complexity index is 445. The molecule has 0 aromatic heterocycles. The molecule has 0 heterocycles. The zero-order valence-electron chi connectivity index (χ0n) is 26.1. The minimum absolute atomic E-state index is 0.830. The van der Waals surface area contributed by atoms with Gasteiger partial charge in [0.05, 0.1) is 0 Å². The third kappa shape index (κ3) is 39.6. The summed E-state index contributed by atoms with van der Waals surface area (Å²) in [4.78, 5) is 0. The molecule has 236 valence electrons. The number of alkyl halides is 1. The zero-order valence-corrected chi connectivity index (χ0v) is 30.9. The molecule has 39 heavy (non-hydrogen) atoms. The number of hydrogen-bond acceptors (Lipinski definition) is 0. The highest BCUT2D eigenvalue weighted by atomic mass is 79.9. The van der Waals surface area contributed by atoms with Crippen molar-refractivity contribution >= 4 is 55.2 Å². The number of hydrogen-bond donors (Lipinski definition) is 0. The second-order valence-electron chi connectivity index (χ2n) is 12.4. The van der Waals surface area contributed by atoms with Gasteiger partial charge in [0.15, 0.2) is 0 Å². The minimum Gasteiger partial charge on any atom is -0.126 e. The van der Waals surface area contributed by atoms with E-state index in [9.17, 15) is 0 Å². The predicted octanol–water partition coefficient (Wildman–Crippen LogP) is 15.5. The molecule has 5 heteroatoms. The monoisotopic (exact) mass is 688 g/mol. The SMILES string of the molecule is Cl[Si](Cl)(Cl)CCCCCCCCCCCCCCCCCCCCCCCCCCCCCCCCCCBr. The molecule has 0 saturated carbocycles. The fourth-order valence-corrected chi connectivity index (χ4v) is 7.97. The van der Waals surface area contributed by atoms with Crippen molar-refractivity contribution in [3.63, 3.8) is 0 Å². The van der Waals surface area contributed by atoms with Gasteiger partial charge in [-0.1, -0.05) is 215 Å². The molecule has 0 spiro atoms. The van der Waals surface area contributed by atoms with E-state index in [0.29, 0.717) is 0 Å². The molecule has 0 rings (SSSR count). The lowest BCUT2D eigenvalue weighted by Crippen LogP contribution is -2.07. The van der Waals surface area contributed by atoms with Crippen molar-refractivity contribution in [3.05, 3.63) is 0 Å². The van der Waals surface area contributed by atoms with Crippen molar-refractivity contribution in [2.24, 2.45) is 0 Å². The van der Waals surface area contributed by atoms with E-state index in [4.69, 9.17) is 33.2 Å². The lowest BCUT2D eigenvalue weighted by Gasteiger charge is -2.07. The first-order valence-electron chi connectivity index (χ1n) is 17.7. The first-order chi connectivity index (χ1) is 19.1. The van der Waals surface area contributed by atoms with Gasteiger partial charge in [-0.2, -0.15) is 0 Å². The van der Waals surface area contributed by atoms with Crippen LogP contribution in [0.4, 0.5) is 0 Å². The Morgan fingerprint density at radius 3 is 0.564 bits per heavy atom. The molecule has 0 atom stereocenters. The van der Waals surface area contributed by atoms with Gasteiger partial charge in [-0.25, -0.2) is 0 Å². The van der Waals surface area contributed by atoms with E-state index in [1.165, 1.54) is 204 Å². The fraction of sp³-hybridized carbons (Fsp3) is 1.00. The molecule has 0 fully saturated rings. The third-order valence-corrected chi connectivity index (χ3v) is 11.5. The molecule has 0 aliphatic rings. The molecule has 0 unspecified atom stereocenters. The molecule has 0 radical (unpaired) electrons. The van der Waals surface area contributed by atoms with Crippen LogP contribution in [-0.2, 0) is 0 Å². The lowest BCUT2D eigenvalue weighted by atomic mass is 10.0. The van der Waals surface area contributed by atoms with E-state index in [0.717, 1.165) is 12.5 Å². The topological polar surface area (TPSA) is 0 Å². The van der Waals surface area contributed by atoms with Crippen LogP contribution in [0.1, 0.15) is 205 Å². The molecule has 0 aliphatic carbocycles. The van der Waals surface area contributed by atoms with Gasteiger partial charge in [-0.05, 0) is 12.5 Å². The fourth-order valence-electron chi connectivity index (χ4n) is 5.72. The third-order valence-electron chi connectivity index (χ3n) is 8.34. The summed E-state index contributed by atoms with van der Waals surface area (Å²) >= 11 is 21.3. The van der Waals surface area contributed by atoms with Gasteiger partial charge < -0.3 is 0 Å². The number of rotatable bonds is 34. The van der Waals surface area contributed by atoms with Gasteiger partial charge in [0.1, 0.15) is 0 Å². The summed E-state index contributed by atoms with van der Waals surface area (Å²) < 4.78 is 0. The number of halogens is 4. The van der Waals surface area contributed by atoms with E-state index in [2.05, 4.69) is 15.9 Å². The Hall–Kier alpha value is 1.57. The van der Waals surface area contributed by atoms with Gasteiger partial charge in [-0.3, -0.25) is 0 Å². The molecule has 0 aliphatic heterocycles. The average molecular weight is 691 g/mol. The molecular formula is C34H68BrCl3Si. The van der Waals surface area contributed by atoms with Crippen molar-refractivity contribution in [3.8, 4) is 0 Å². The summed E-state index contributed by atoms with van der Waals surface area (Å²) in [5.41, 5.74) is 0. The standard InChI is InChI=1S/C34H68BrCl3Si/c35-33-31-29-27-25-23-21-19-17-15-13-11-9-7-5-3-1-2-4-6-8-10-12-14-16-18-20-22-24-26-28-30-32-34-39(36,37)38/h1-34H2. The highest BCUT2D eigenvalue weighted by molar-refractivity contribution is 9.09. The van der Waals surface area contributed by atoms with Crippen LogP contribution >= 0.6 is 49.2 Å². The first-order valence-corrected chi connectivity index (χ1v) is 24.1. The quantitative estimate of drug-likeness (QED) is 0.0273. The second-order valence-corrected chi connectivity index (χ2v) is 22.4. The smallest absolute Gasteiger partial charge is 0.126 e. The summed E-state index contributed by atoms with van der Waals surface area (Å²) in [5.74, 6) is 0. The van der Waals surface area contributed by atoms with Crippen molar-refractivity contribution in [1.82, 2.24) is 0 Å². The van der Waals surface area contributed by atoms with Crippen molar-refractivity contribution < 1.29 is 0 Å². The minimum atomic E-state index is -2.37. The zero-order chi connectivity index (χ0) is 28.5. The predicted molar refractivity (Wildman–Crippen MR) is 190 cm³/mol. The van der Waals surface area contributed by atoms with Gasteiger partial charge in [-0.15, -0.1) is 33.2 Å². The maximum absolute atomic E-state index is 5.93. The lowest BCUT2D eigenvalue weighted by molar-refractivity contribution is 0.512. The van der Waals surface area contributed by atoms with Crippen LogP contribution in [0.25, 0.3) is 0 Å². The largest absolute Gasteiger partial charge is 0.341 e. The van der Waals surface area contributed by atoms with Gasteiger partial charge >= 0.3 is 6.00 Å². The molecule has 0 N–H and O–H groups in total. The Morgan fingerprint density at radius 2 is 0.410 bits per heavy atom. The highest BCUT2D eigenvalue weighted by Gasteiger charge is 2.23. The van der Waals surface area contributed by atoms with Crippen molar-refractivity contribution in [2.75, 3.05) is 5.33 Å². The van der Waals surface area contributed by atoms with Crippen LogP contribution in [-0.4, -0.2) is 11.3 Å². The van der Waals surface area contributed by atoms with E-state index in [1.807, 2.05) is 0 Å². The van der Waals surface area contributed by atoms with Crippen LogP contribution in [0.5, 0.6) is 0 Å². The second kappa shape index (κ2) is 34.1. The molecule has 0 nitrogen and oxygen atoms in total. The summed E-state index contributed by atoms with van der Waals surface area (Å²) in [7, 11) is 0. The van der Waals surface area contributed by atoms with Gasteiger partial charge in [0.2, 0.25) is 0 Å². The van der Waals surface area contributed by atoms with Crippen LogP contribution in [0.3, 0.4) is 0 Å². The summed E-state index contributed by atoms with van der Waals surface area (Å²) in [6.07, 6.45) is 45.8. The van der Waals surface area contributed by atoms with E-state index >= 15 is 0 Å². The van der Waals surface area contributed by atoms with Gasteiger partial charge in [0.25, 0.3) is 0 Å². The first kappa shape index (κ1) is 40.6. The normalized spacial score (nSPS) is 12.0. The van der Waals surface area contributed by atoms with Gasteiger partial charge in [0, 0.05) is 5.33 Å². The van der Waals surface area contributed by atoms with Crippen LogP contribution in [0, 0.1) is 0 Å². The maximum Gasteiger partial charge on any atom is 0.341 e. The molecule has 0 saturated heterocycles.